The molecular weight excluding hydrogens is 398 g/mol. The minimum absolute atomic E-state index is 0.0532. The van der Waals surface area contributed by atoms with Crippen molar-refractivity contribution in [1.82, 2.24) is 24.1 Å². The zero-order chi connectivity index (χ0) is 20.8. The van der Waals surface area contributed by atoms with Crippen LogP contribution in [0, 0.1) is 0 Å². The number of benzene rings is 2. The molecule has 0 N–H and O–H groups in total. The van der Waals surface area contributed by atoms with Gasteiger partial charge in [-0.05, 0) is 43.2 Å². The number of halogens is 1. The molecule has 0 aliphatic rings. The zero-order valence-corrected chi connectivity index (χ0v) is 17.5. The number of para-hydroxylation sites is 2. The summed E-state index contributed by atoms with van der Waals surface area (Å²) >= 11 is 6.04. The fourth-order valence-corrected chi connectivity index (χ4v) is 3.88. The van der Waals surface area contributed by atoms with Crippen LogP contribution in [-0.2, 0) is 6.54 Å². The molecule has 0 fully saturated rings. The topological polar surface area (TPSA) is 65.6 Å². The summed E-state index contributed by atoms with van der Waals surface area (Å²) in [6, 6.07) is 15.4. The molecule has 1 unspecified atom stereocenters. The van der Waals surface area contributed by atoms with E-state index in [-0.39, 0.29) is 11.6 Å². The van der Waals surface area contributed by atoms with Gasteiger partial charge < -0.3 is 4.57 Å². The van der Waals surface area contributed by atoms with E-state index < -0.39 is 0 Å². The van der Waals surface area contributed by atoms with Crippen LogP contribution in [0.15, 0.2) is 59.7 Å². The lowest BCUT2D eigenvalue weighted by molar-refractivity contribution is 0.510. The van der Waals surface area contributed by atoms with Gasteiger partial charge >= 0.3 is 0 Å². The quantitative estimate of drug-likeness (QED) is 0.414. The second-order valence-corrected chi connectivity index (χ2v) is 7.95. The Labute approximate surface area is 177 Å². The lowest BCUT2D eigenvalue weighted by atomic mass is 10.2. The third kappa shape index (κ3) is 2.95. The van der Waals surface area contributed by atoms with Gasteiger partial charge in [0.1, 0.15) is 17.2 Å². The van der Waals surface area contributed by atoms with E-state index in [0.717, 1.165) is 23.0 Å². The summed E-state index contributed by atoms with van der Waals surface area (Å²) in [5.74, 6) is 0. The summed E-state index contributed by atoms with van der Waals surface area (Å²) in [5.41, 5.74) is 4.35. The predicted octanol–water partition coefficient (Wildman–Crippen LogP) is 4.97. The van der Waals surface area contributed by atoms with Gasteiger partial charge in [0.05, 0.1) is 17.6 Å². The maximum absolute atomic E-state index is 13.4. The van der Waals surface area contributed by atoms with Crippen LogP contribution in [0.3, 0.4) is 0 Å². The maximum atomic E-state index is 13.4. The summed E-state index contributed by atoms with van der Waals surface area (Å²) < 4.78 is 3.65. The van der Waals surface area contributed by atoms with Crippen LogP contribution in [0.1, 0.15) is 31.9 Å². The van der Waals surface area contributed by atoms with Gasteiger partial charge in [0, 0.05) is 11.1 Å². The van der Waals surface area contributed by atoms with Crippen molar-refractivity contribution in [3.8, 4) is 0 Å². The van der Waals surface area contributed by atoms with Gasteiger partial charge in [-0.3, -0.25) is 9.36 Å². The third-order valence-corrected chi connectivity index (χ3v) is 5.85. The van der Waals surface area contributed by atoms with Crippen LogP contribution < -0.4 is 5.56 Å². The predicted molar refractivity (Wildman–Crippen MR) is 120 cm³/mol. The molecule has 5 aromatic rings. The zero-order valence-electron chi connectivity index (χ0n) is 16.7. The van der Waals surface area contributed by atoms with Crippen molar-refractivity contribution < 1.29 is 0 Å². The number of aromatic nitrogens is 5. The Balaban J connectivity index is 1.86. The fourth-order valence-electron chi connectivity index (χ4n) is 3.75. The van der Waals surface area contributed by atoms with Crippen molar-refractivity contribution in [3.05, 3.63) is 75.8 Å². The van der Waals surface area contributed by atoms with Crippen LogP contribution in [0.25, 0.3) is 33.2 Å². The van der Waals surface area contributed by atoms with Crippen molar-refractivity contribution in [2.45, 2.75) is 32.9 Å². The monoisotopic (exact) mass is 417 g/mol. The highest BCUT2D eigenvalue weighted by molar-refractivity contribution is 6.30. The minimum atomic E-state index is -0.0845. The molecule has 5 rings (SSSR count). The van der Waals surface area contributed by atoms with Crippen molar-refractivity contribution in [3.63, 3.8) is 0 Å². The smallest absolute Gasteiger partial charge is 0.265 e. The highest BCUT2D eigenvalue weighted by atomic mass is 35.5. The van der Waals surface area contributed by atoms with Crippen LogP contribution in [0.4, 0.5) is 0 Å². The first-order valence-corrected chi connectivity index (χ1v) is 10.3. The number of nitrogens with zero attached hydrogens (tertiary/aromatic N) is 5. The van der Waals surface area contributed by atoms with E-state index in [0.29, 0.717) is 33.8 Å². The van der Waals surface area contributed by atoms with Gasteiger partial charge in [-0.15, -0.1) is 0 Å². The molecule has 3 heterocycles. The number of hydrogen-bond acceptors (Lipinski definition) is 4. The summed E-state index contributed by atoms with van der Waals surface area (Å²) in [7, 11) is 0. The van der Waals surface area contributed by atoms with E-state index in [9.17, 15) is 4.79 Å². The van der Waals surface area contributed by atoms with E-state index in [4.69, 9.17) is 21.6 Å². The van der Waals surface area contributed by atoms with E-state index in [1.54, 1.807) is 10.9 Å². The molecule has 7 heteroatoms. The third-order valence-electron chi connectivity index (χ3n) is 5.60. The van der Waals surface area contributed by atoms with E-state index in [1.165, 1.54) is 0 Å². The molecule has 0 aliphatic heterocycles. The standard InChI is InChI=1S/C23H20ClN5O/c1-3-14(2)29-13-25-21-19(23(29)30)20-22(27-18-7-5-4-6-17(18)26-20)28(21)12-15-8-10-16(24)11-9-15/h4-11,13-14H,3,12H2,1-2H3. The van der Waals surface area contributed by atoms with E-state index in [1.807, 2.05) is 60.0 Å². The number of fused-ring (bicyclic) bond motifs is 4. The first kappa shape index (κ1) is 18.8. The van der Waals surface area contributed by atoms with Crippen LogP contribution in [0.2, 0.25) is 5.02 Å². The molecule has 0 radical (unpaired) electrons. The summed E-state index contributed by atoms with van der Waals surface area (Å²) in [6.07, 6.45) is 2.47. The van der Waals surface area contributed by atoms with Gasteiger partial charge in [0.15, 0.2) is 11.3 Å². The summed E-state index contributed by atoms with van der Waals surface area (Å²) in [5, 5.41) is 1.20. The molecule has 30 heavy (non-hydrogen) atoms. The second kappa shape index (κ2) is 7.22. The van der Waals surface area contributed by atoms with Gasteiger partial charge in [-0.2, -0.15) is 0 Å². The Morgan fingerprint density at radius 1 is 1.00 bits per heavy atom. The molecule has 0 spiro atoms. The molecule has 0 bridgehead atoms. The molecule has 0 saturated heterocycles. The molecule has 0 aliphatic carbocycles. The van der Waals surface area contributed by atoms with E-state index >= 15 is 0 Å². The molecule has 2 aromatic carbocycles. The van der Waals surface area contributed by atoms with Gasteiger partial charge in [0.2, 0.25) is 0 Å². The Morgan fingerprint density at radius 3 is 2.40 bits per heavy atom. The van der Waals surface area contributed by atoms with Crippen molar-refractivity contribution >= 4 is 44.8 Å². The van der Waals surface area contributed by atoms with Crippen LogP contribution >= 0.6 is 11.6 Å². The Bertz CT molecular complexity index is 1450. The lowest BCUT2D eigenvalue weighted by Gasteiger charge is -2.12. The van der Waals surface area contributed by atoms with Crippen molar-refractivity contribution in [1.29, 1.82) is 0 Å². The first-order valence-electron chi connectivity index (χ1n) is 9.97. The van der Waals surface area contributed by atoms with Crippen LogP contribution in [-0.4, -0.2) is 24.1 Å². The Morgan fingerprint density at radius 2 is 1.70 bits per heavy atom. The first-order chi connectivity index (χ1) is 14.6. The molecule has 6 nitrogen and oxygen atoms in total. The van der Waals surface area contributed by atoms with Crippen molar-refractivity contribution in [2.75, 3.05) is 0 Å². The highest BCUT2D eigenvalue weighted by Crippen LogP contribution is 2.26. The average Bonchev–Trinajstić information content (AvgIpc) is 3.06. The maximum Gasteiger partial charge on any atom is 0.265 e. The number of rotatable bonds is 4. The SMILES string of the molecule is CCC(C)n1cnc2c(c1=O)c1nc3ccccc3nc1n2Cc1ccc(Cl)cc1. The largest absolute Gasteiger partial charge is 0.304 e. The molecule has 3 aromatic heterocycles. The lowest BCUT2D eigenvalue weighted by Crippen LogP contribution is -2.23. The summed E-state index contributed by atoms with van der Waals surface area (Å²) in [6.45, 7) is 4.59. The van der Waals surface area contributed by atoms with E-state index in [2.05, 4.69) is 11.9 Å². The number of hydrogen-bond donors (Lipinski definition) is 0. The minimum Gasteiger partial charge on any atom is -0.304 e. The summed E-state index contributed by atoms with van der Waals surface area (Å²) in [4.78, 5) is 27.7. The van der Waals surface area contributed by atoms with Crippen molar-refractivity contribution in [2.24, 2.45) is 0 Å². The molecular formula is C23H20ClN5O. The van der Waals surface area contributed by atoms with Crippen LogP contribution in [0.5, 0.6) is 0 Å². The normalized spacial score (nSPS) is 12.8. The molecule has 0 amide bonds. The molecule has 0 saturated carbocycles. The molecule has 1 atom stereocenters. The Hall–Kier alpha value is -3.25. The second-order valence-electron chi connectivity index (χ2n) is 7.51. The van der Waals surface area contributed by atoms with Gasteiger partial charge in [-0.25, -0.2) is 15.0 Å². The molecule has 150 valence electrons. The van der Waals surface area contributed by atoms with Gasteiger partial charge in [-0.1, -0.05) is 42.8 Å². The average molecular weight is 418 g/mol. The Kier molecular flexibility index (Phi) is 4.51. The van der Waals surface area contributed by atoms with Gasteiger partial charge in [0.25, 0.3) is 5.56 Å². The fraction of sp³-hybridized carbons (Fsp3) is 0.217. The highest BCUT2D eigenvalue weighted by Gasteiger charge is 2.21.